The Morgan fingerprint density at radius 1 is 1.22 bits per heavy atom. The number of aliphatic hydroxyl groups is 3. The van der Waals surface area contributed by atoms with Gasteiger partial charge in [0.2, 0.25) is 0 Å². The molecule has 0 saturated carbocycles. The molecule has 98 valence electrons. The summed E-state index contributed by atoms with van der Waals surface area (Å²) in [4.78, 5) is 4.07. The van der Waals surface area contributed by atoms with Crippen LogP contribution in [-0.4, -0.2) is 55.3 Å². The van der Waals surface area contributed by atoms with Gasteiger partial charge in [0.05, 0.1) is 19.8 Å². The third-order valence-corrected chi connectivity index (χ3v) is 2.82. The number of anilines is 1. The molecule has 2 heterocycles. The SMILES string of the molecule is Cc1cc(NC(CO)(CO)CO)n2ncnc2c1. The molecule has 0 fully saturated rings. The molecule has 0 aliphatic heterocycles. The smallest absolute Gasteiger partial charge is 0.157 e. The Hall–Kier alpha value is -1.70. The topological polar surface area (TPSA) is 103 Å². The van der Waals surface area contributed by atoms with Gasteiger partial charge in [-0.3, -0.25) is 0 Å². The van der Waals surface area contributed by atoms with E-state index in [0.717, 1.165) is 5.56 Å². The molecule has 0 radical (unpaired) electrons. The molecule has 0 atom stereocenters. The van der Waals surface area contributed by atoms with E-state index in [4.69, 9.17) is 0 Å². The van der Waals surface area contributed by atoms with Crippen molar-refractivity contribution in [1.82, 2.24) is 14.6 Å². The van der Waals surface area contributed by atoms with Crippen molar-refractivity contribution in [3.63, 3.8) is 0 Å². The van der Waals surface area contributed by atoms with E-state index >= 15 is 0 Å². The summed E-state index contributed by atoms with van der Waals surface area (Å²) in [5.74, 6) is 0.555. The third kappa shape index (κ3) is 2.15. The van der Waals surface area contributed by atoms with Gasteiger partial charge in [0.1, 0.15) is 17.7 Å². The van der Waals surface area contributed by atoms with Crippen molar-refractivity contribution < 1.29 is 15.3 Å². The lowest BCUT2D eigenvalue weighted by molar-refractivity contribution is 0.0829. The first kappa shape index (κ1) is 12.7. The third-order valence-electron chi connectivity index (χ3n) is 2.82. The Balaban J connectivity index is 2.44. The van der Waals surface area contributed by atoms with Gasteiger partial charge in [-0.15, -0.1) is 0 Å². The molecule has 0 aliphatic rings. The highest BCUT2D eigenvalue weighted by molar-refractivity contribution is 5.52. The minimum atomic E-state index is -1.19. The number of hydrogen-bond acceptors (Lipinski definition) is 6. The molecule has 0 aliphatic carbocycles. The standard InChI is InChI=1S/C11H16N4O3/c1-8-2-9-12-7-13-15(9)10(3-8)14-11(4-16,5-17)6-18/h2-3,7,14,16-18H,4-6H2,1H3. The summed E-state index contributed by atoms with van der Waals surface area (Å²) < 4.78 is 1.54. The normalized spacial score (nSPS) is 12.0. The average Bonchev–Trinajstić information content (AvgIpc) is 2.84. The van der Waals surface area contributed by atoms with Crippen molar-refractivity contribution in [2.24, 2.45) is 0 Å². The minimum absolute atomic E-state index is 0.399. The van der Waals surface area contributed by atoms with Gasteiger partial charge in [-0.1, -0.05) is 0 Å². The minimum Gasteiger partial charge on any atom is -0.394 e. The fourth-order valence-electron chi connectivity index (χ4n) is 1.69. The summed E-state index contributed by atoms with van der Waals surface area (Å²) in [5, 5.41) is 34.9. The number of rotatable bonds is 5. The molecule has 0 bridgehead atoms. The van der Waals surface area contributed by atoms with E-state index in [1.54, 1.807) is 10.6 Å². The van der Waals surface area contributed by atoms with E-state index in [-0.39, 0.29) is 0 Å². The quantitative estimate of drug-likeness (QED) is 0.553. The predicted octanol–water partition coefficient (Wildman–Crippen LogP) is -0.835. The van der Waals surface area contributed by atoms with Crippen molar-refractivity contribution in [3.05, 3.63) is 24.0 Å². The molecule has 2 rings (SSSR count). The van der Waals surface area contributed by atoms with Gasteiger partial charge >= 0.3 is 0 Å². The Labute approximate surface area is 104 Å². The van der Waals surface area contributed by atoms with Crippen molar-refractivity contribution in [2.75, 3.05) is 25.1 Å². The van der Waals surface area contributed by atoms with Gasteiger partial charge < -0.3 is 20.6 Å². The lowest BCUT2D eigenvalue weighted by atomic mass is 10.0. The van der Waals surface area contributed by atoms with Crippen LogP contribution in [0.15, 0.2) is 18.5 Å². The zero-order valence-corrected chi connectivity index (χ0v) is 10.0. The van der Waals surface area contributed by atoms with Crippen molar-refractivity contribution in [2.45, 2.75) is 12.5 Å². The molecule has 0 spiro atoms. The molecule has 2 aromatic rings. The van der Waals surface area contributed by atoms with Crippen LogP contribution in [0, 0.1) is 6.92 Å². The second-order valence-electron chi connectivity index (χ2n) is 4.33. The van der Waals surface area contributed by atoms with Crippen LogP contribution in [0.5, 0.6) is 0 Å². The summed E-state index contributed by atoms with van der Waals surface area (Å²) in [6.07, 6.45) is 1.42. The summed E-state index contributed by atoms with van der Waals surface area (Å²) >= 11 is 0. The summed E-state index contributed by atoms with van der Waals surface area (Å²) in [7, 11) is 0. The van der Waals surface area contributed by atoms with Gasteiger partial charge in [0.25, 0.3) is 0 Å². The first-order valence-corrected chi connectivity index (χ1v) is 5.55. The Morgan fingerprint density at radius 3 is 2.50 bits per heavy atom. The van der Waals surface area contributed by atoms with E-state index in [9.17, 15) is 15.3 Å². The van der Waals surface area contributed by atoms with E-state index in [1.165, 1.54) is 6.33 Å². The highest BCUT2D eigenvalue weighted by Crippen LogP contribution is 2.18. The lowest BCUT2D eigenvalue weighted by Gasteiger charge is -2.29. The Bertz CT molecular complexity index is 528. The second-order valence-corrected chi connectivity index (χ2v) is 4.33. The van der Waals surface area contributed by atoms with Crippen molar-refractivity contribution in [3.8, 4) is 0 Å². The first-order chi connectivity index (χ1) is 8.64. The number of aryl methyl sites for hydroxylation is 1. The average molecular weight is 252 g/mol. The maximum absolute atomic E-state index is 9.30. The fraction of sp³-hybridized carbons (Fsp3) is 0.455. The summed E-state index contributed by atoms with van der Waals surface area (Å²) in [5.41, 5.74) is 0.424. The highest BCUT2D eigenvalue weighted by Gasteiger charge is 2.28. The summed E-state index contributed by atoms with van der Waals surface area (Å²) in [6, 6.07) is 3.66. The van der Waals surface area contributed by atoms with Gasteiger partial charge in [0, 0.05) is 0 Å². The number of aliphatic hydroxyl groups excluding tert-OH is 3. The molecule has 0 saturated heterocycles. The largest absolute Gasteiger partial charge is 0.394 e. The van der Waals surface area contributed by atoms with Crippen LogP contribution in [-0.2, 0) is 0 Å². The molecular weight excluding hydrogens is 236 g/mol. The molecule has 0 aromatic carbocycles. The number of nitrogens with one attached hydrogen (secondary N) is 1. The van der Waals surface area contributed by atoms with E-state index in [2.05, 4.69) is 15.4 Å². The fourth-order valence-corrected chi connectivity index (χ4v) is 1.69. The van der Waals surface area contributed by atoms with Crippen LogP contribution in [0.25, 0.3) is 5.65 Å². The molecule has 0 amide bonds. The van der Waals surface area contributed by atoms with E-state index in [1.807, 2.05) is 13.0 Å². The number of nitrogens with zero attached hydrogens (tertiary/aromatic N) is 3. The van der Waals surface area contributed by atoms with Crippen LogP contribution in [0.2, 0.25) is 0 Å². The molecule has 2 aromatic heterocycles. The van der Waals surface area contributed by atoms with Gasteiger partial charge in [-0.25, -0.2) is 4.98 Å². The Kier molecular flexibility index (Phi) is 3.46. The maximum atomic E-state index is 9.30. The molecule has 0 unspecified atom stereocenters. The number of fused-ring (bicyclic) bond motifs is 1. The molecule has 7 heteroatoms. The zero-order valence-electron chi connectivity index (χ0n) is 10.0. The van der Waals surface area contributed by atoms with Crippen molar-refractivity contribution >= 4 is 11.5 Å². The number of pyridine rings is 1. The van der Waals surface area contributed by atoms with Gasteiger partial charge in [-0.2, -0.15) is 9.61 Å². The zero-order chi connectivity index (χ0) is 13.2. The Morgan fingerprint density at radius 2 is 1.89 bits per heavy atom. The number of aromatic nitrogens is 3. The molecule has 7 nitrogen and oxygen atoms in total. The van der Waals surface area contributed by atoms with Crippen LogP contribution in [0.3, 0.4) is 0 Å². The monoisotopic (exact) mass is 252 g/mol. The van der Waals surface area contributed by atoms with Crippen LogP contribution < -0.4 is 5.32 Å². The highest BCUT2D eigenvalue weighted by atomic mass is 16.3. The van der Waals surface area contributed by atoms with Gasteiger partial charge in [-0.05, 0) is 24.6 Å². The predicted molar refractivity (Wildman–Crippen MR) is 65.3 cm³/mol. The van der Waals surface area contributed by atoms with E-state index < -0.39 is 25.4 Å². The lowest BCUT2D eigenvalue weighted by Crippen LogP contribution is -2.49. The van der Waals surface area contributed by atoms with Crippen LogP contribution in [0.1, 0.15) is 5.56 Å². The van der Waals surface area contributed by atoms with Crippen LogP contribution >= 0.6 is 0 Å². The maximum Gasteiger partial charge on any atom is 0.157 e. The molecule has 4 N–H and O–H groups in total. The van der Waals surface area contributed by atoms with Gasteiger partial charge in [0.15, 0.2) is 5.65 Å². The summed E-state index contributed by atoms with van der Waals surface area (Å²) in [6.45, 7) is 0.705. The first-order valence-electron chi connectivity index (χ1n) is 5.55. The second kappa shape index (κ2) is 4.89. The molecule has 18 heavy (non-hydrogen) atoms. The molecular formula is C11H16N4O3. The van der Waals surface area contributed by atoms with Crippen LogP contribution in [0.4, 0.5) is 5.82 Å². The van der Waals surface area contributed by atoms with Crippen molar-refractivity contribution in [1.29, 1.82) is 0 Å². The van der Waals surface area contributed by atoms with E-state index in [0.29, 0.717) is 11.5 Å². The number of hydrogen-bond donors (Lipinski definition) is 4.